The molecule has 0 unspecified atom stereocenters. The molecule has 0 N–H and O–H groups in total. The normalized spacial score (nSPS) is 13.9. The smallest absolute Gasteiger partial charge is 0.265 e. The second kappa shape index (κ2) is 9.92. The number of carbonyl (C=O) groups excluding carboxylic acids is 1. The second-order valence-electron chi connectivity index (χ2n) is 8.75. The Labute approximate surface area is 207 Å². The SMILES string of the molecule is CCN(c1ccccc1)S(=O)(=O)c1ccc(N2CC(C)=C(Cc3cccc(N(C)C)c3)C2=O)nc1. The van der Waals surface area contributed by atoms with Crippen molar-refractivity contribution in [2.24, 2.45) is 0 Å². The van der Waals surface area contributed by atoms with Crippen LogP contribution in [0.1, 0.15) is 19.4 Å². The zero-order valence-electron chi connectivity index (χ0n) is 20.5. The van der Waals surface area contributed by atoms with E-state index in [1.165, 1.54) is 16.6 Å². The molecule has 7 nitrogen and oxygen atoms in total. The maximum Gasteiger partial charge on any atom is 0.265 e. The summed E-state index contributed by atoms with van der Waals surface area (Å²) in [6.07, 6.45) is 1.87. The van der Waals surface area contributed by atoms with Crippen molar-refractivity contribution in [3.05, 3.63) is 89.6 Å². The third kappa shape index (κ3) is 4.93. The molecule has 1 aliphatic heterocycles. The number of para-hydroxylation sites is 1. The van der Waals surface area contributed by atoms with Crippen molar-refractivity contribution in [2.75, 3.05) is 41.3 Å². The van der Waals surface area contributed by atoms with Gasteiger partial charge in [0.15, 0.2) is 0 Å². The number of amides is 1. The van der Waals surface area contributed by atoms with Crippen molar-refractivity contribution in [3.8, 4) is 0 Å². The van der Waals surface area contributed by atoms with Crippen LogP contribution in [0.5, 0.6) is 0 Å². The highest BCUT2D eigenvalue weighted by Crippen LogP contribution is 2.29. The molecule has 182 valence electrons. The van der Waals surface area contributed by atoms with Crippen LogP contribution in [0.2, 0.25) is 0 Å². The van der Waals surface area contributed by atoms with E-state index in [0.29, 0.717) is 31.0 Å². The van der Waals surface area contributed by atoms with Crippen LogP contribution in [0.15, 0.2) is 89.0 Å². The van der Waals surface area contributed by atoms with Crippen molar-refractivity contribution in [1.82, 2.24) is 4.98 Å². The number of benzene rings is 2. The summed E-state index contributed by atoms with van der Waals surface area (Å²) in [4.78, 5) is 21.3. The molecule has 1 amide bonds. The first kappa shape index (κ1) is 24.5. The highest BCUT2D eigenvalue weighted by Gasteiger charge is 2.31. The van der Waals surface area contributed by atoms with Gasteiger partial charge in [0.25, 0.3) is 15.9 Å². The quantitative estimate of drug-likeness (QED) is 0.472. The van der Waals surface area contributed by atoms with E-state index < -0.39 is 10.0 Å². The van der Waals surface area contributed by atoms with Gasteiger partial charge in [0.2, 0.25) is 0 Å². The van der Waals surface area contributed by atoms with Crippen molar-refractivity contribution in [1.29, 1.82) is 0 Å². The molecule has 1 aromatic heterocycles. The monoisotopic (exact) mass is 490 g/mol. The maximum atomic E-state index is 13.3. The van der Waals surface area contributed by atoms with E-state index in [4.69, 9.17) is 0 Å². The molecule has 35 heavy (non-hydrogen) atoms. The number of rotatable bonds is 8. The van der Waals surface area contributed by atoms with E-state index in [-0.39, 0.29) is 10.8 Å². The number of nitrogens with zero attached hydrogens (tertiary/aromatic N) is 4. The van der Waals surface area contributed by atoms with E-state index in [1.54, 1.807) is 42.2 Å². The molecule has 2 aromatic carbocycles. The van der Waals surface area contributed by atoms with Crippen molar-refractivity contribution >= 4 is 33.1 Å². The molecule has 0 bridgehead atoms. The Kier molecular flexibility index (Phi) is 6.93. The van der Waals surface area contributed by atoms with Crippen molar-refractivity contribution in [3.63, 3.8) is 0 Å². The second-order valence-corrected chi connectivity index (χ2v) is 10.6. The first-order chi connectivity index (χ1) is 16.7. The lowest BCUT2D eigenvalue weighted by molar-refractivity contribution is -0.114. The lowest BCUT2D eigenvalue weighted by Crippen LogP contribution is -2.31. The van der Waals surface area contributed by atoms with Gasteiger partial charge in [-0.05, 0) is 61.4 Å². The van der Waals surface area contributed by atoms with E-state index in [1.807, 2.05) is 50.2 Å². The Morgan fingerprint density at radius 3 is 2.31 bits per heavy atom. The fourth-order valence-electron chi connectivity index (χ4n) is 4.21. The van der Waals surface area contributed by atoms with E-state index in [9.17, 15) is 13.2 Å². The maximum absolute atomic E-state index is 13.3. The van der Waals surface area contributed by atoms with Gasteiger partial charge in [-0.3, -0.25) is 14.0 Å². The highest BCUT2D eigenvalue weighted by atomic mass is 32.2. The standard InChI is InChI=1S/C27H30N4O3S/c1-5-31(22-11-7-6-8-12-22)35(33,34)24-14-15-26(28-18-24)30-19-20(2)25(27(30)32)17-21-10-9-13-23(16-21)29(3)4/h6-16,18H,5,17,19H2,1-4H3. The van der Waals surface area contributed by atoms with Crippen molar-refractivity contribution in [2.45, 2.75) is 25.2 Å². The summed E-state index contributed by atoms with van der Waals surface area (Å²) in [6, 6.07) is 20.2. The van der Waals surface area contributed by atoms with Crippen LogP contribution in [0, 0.1) is 0 Å². The number of carbonyl (C=O) groups is 1. The molecule has 0 saturated carbocycles. The zero-order valence-corrected chi connectivity index (χ0v) is 21.3. The van der Waals surface area contributed by atoms with Gasteiger partial charge in [0.1, 0.15) is 10.7 Å². The minimum atomic E-state index is -3.78. The summed E-state index contributed by atoms with van der Waals surface area (Å²) in [5.41, 5.74) is 4.48. The topological polar surface area (TPSA) is 73.8 Å². The minimum Gasteiger partial charge on any atom is -0.378 e. The van der Waals surface area contributed by atoms with Crippen LogP contribution >= 0.6 is 0 Å². The highest BCUT2D eigenvalue weighted by molar-refractivity contribution is 7.92. The number of anilines is 3. The van der Waals surface area contributed by atoms with Gasteiger partial charge < -0.3 is 4.90 Å². The molecular weight excluding hydrogens is 460 g/mol. The molecule has 0 saturated heterocycles. The summed E-state index contributed by atoms with van der Waals surface area (Å²) in [7, 11) is 0.196. The lowest BCUT2D eigenvalue weighted by Gasteiger charge is -2.23. The van der Waals surface area contributed by atoms with Gasteiger partial charge in [-0.1, -0.05) is 30.3 Å². The van der Waals surface area contributed by atoms with Crippen LogP contribution in [-0.2, 0) is 21.2 Å². The Morgan fingerprint density at radius 2 is 1.69 bits per heavy atom. The first-order valence-electron chi connectivity index (χ1n) is 11.5. The number of hydrogen-bond donors (Lipinski definition) is 0. The number of pyridine rings is 1. The first-order valence-corrected chi connectivity index (χ1v) is 13.0. The van der Waals surface area contributed by atoms with Gasteiger partial charge in [0.05, 0.1) is 5.69 Å². The predicted octanol–water partition coefficient (Wildman–Crippen LogP) is 4.27. The fourth-order valence-corrected chi connectivity index (χ4v) is 5.63. The molecule has 0 atom stereocenters. The van der Waals surface area contributed by atoms with Crippen LogP contribution in [0.4, 0.5) is 17.2 Å². The molecule has 0 fully saturated rings. The minimum absolute atomic E-state index is 0.0870. The third-order valence-corrected chi connectivity index (χ3v) is 8.02. The van der Waals surface area contributed by atoms with E-state index >= 15 is 0 Å². The Hall–Kier alpha value is -3.65. The number of aromatic nitrogens is 1. The van der Waals surface area contributed by atoms with Crippen LogP contribution < -0.4 is 14.1 Å². The fraction of sp³-hybridized carbons (Fsp3) is 0.259. The summed E-state index contributed by atoms with van der Waals surface area (Å²) in [5.74, 6) is 0.341. The average Bonchev–Trinajstić information content (AvgIpc) is 3.13. The zero-order chi connectivity index (χ0) is 25.2. The van der Waals surface area contributed by atoms with Gasteiger partial charge in [0, 0.05) is 51.1 Å². The average molecular weight is 491 g/mol. The number of hydrogen-bond acceptors (Lipinski definition) is 5. The van der Waals surface area contributed by atoms with Crippen molar-refractivity contribution < 1.29 is 13.2 Å². The molecule has 4 rings (SSSR count). The lowest BCUT2D eigenvalue weighted by atomic mass is 10.0. The summed E-state index contributed by atoms with van der Waals surface area (Å²) >= 11 is 0. The van der Waals surface area contributed by atoms with Gasteiger partial charge in [-0.15, -0.1) is 0 Å². The largest absolute Gasteiger partial charge is 0.378 e. The predicted molar refractivity (Wildman–Crippen MR) is 140 cm³/mol. The van der Waals surface area contributed by atoms with E-state index in [0.717, 1.165) is 22.4 Å². The molecule has 0 aliphatic carbocycles. The molecule has 3 aromatic rings. The Balaban J connectivity index is 1.53. The molecule has 8 heteroatoms. The van der Waals surface area contributed by atoms with Gasteiger partial charge in [-0.2, -0.15) is 0 Å². The molecular formula is C27H30N4O3S. The third-order valence-electron chi connectivity index (χ3n) is 6.14. The molecule has 1 aliphatic rings. The molecule has 2 heterocycles. The summed E-state index contributed by atoms with van der Waals surface area (Å²) < 4.78 is 27.8. The van der Waals surface area contributed by atoms with Crippen LogP contribution in [-0.4, -0.2) is 46.5 Å². The Bertz CT molecular complexity index is 1350. The van der Waals surface area contributed by atoms with Gasteiger partial charge >= 0.3 is 0 Å². The molecule has 0 radical (unpaired) electrons. The van der Waals surface area contributed by atoms with E-state index in [2.05, 4.69) is 11.1 Å². The van der Waals surface area contributed by atoms with Crippen LogP contribution in [0.25, 0.3) is 0 Å². The van der Waals surface area contributed by atoms with Crippen LogP contribution in [0.3, 0.4) is 0 Å². The Morgan fingerprint density at radius 1 is 0.971 bits per heavy atom. The molecule has 0 spiro atoms. The number of sulfonamides is 1. The summed E-state index contributed by atoms with van der Waals surface area (Å²) in [6.45, 7) is 4.48. The summed E-state index contributed by atoms with van der Waals surface area (Å²) in [5, 5.41) is 0. The van der Waals surface area contributed by atoms with Gasteiger partial charge in [-0.25, -0.2) is 13.4 Å².